The molecular formula is C52H47N12O6. The molecule has 18 heteroatoms. The van der Waals surface area contributed by atoms with Crippen molar-refractivity contribution < 1.29 is 29.0 Å². The van der Waals surface area contributed by atoms with E-state index in [1.165, 1.54) is 26.9 Å². The fraction of sp³-hybridized carbons (Fsp3) is 0.192. The highest BCUT2D eigenvalue weighted by atomic mass is 16.5. The zero-order valence-corrected chi connectivity index (χ0v) is 38.1. The molecule has 1 unspecified atom stereocenters. The number of fused-ring (bicyclic) bond motifs is 2. The van der Waals surface area contributed by atoms with Gasteiger partial charge in [0.05, 0.1) is 54.1 Å². The van der Waals surface area contributed by atoms with Crippen molar-refractivity contribution in [3.8, 4) is 34.0 Å². The van der Waals surface area contributed by atoms with Crippen LogP contribution < -0.4 is 31.6 Å². The van der Waals surface area contributed by atoms with E-state index in [0.29, 0.717) is 82.0 Å². The molecular weight excluding hydrogens is 889 g/mol. The highest BCUT2D eigenvalue weighted by molar-refractivity contribution is 6.00. The lowest BCUT2D eigenvalue weighted by Crippen LogP contribution is -2.28. The second-order valence-corrected chi connectivity index (χ2v) is 17.0. The number of aromatic nitrogens is 8. The van der Waals surface area contributed by atoms with Crippen LogP contribution in [0.1, 0.15) is 56.8 Å². The summed E-state index contributed by atoms with van der Waals surface area (Å²) in [6.45, 7) is 0.583. The van der Waals surface area contributed by atoms with E-state index in [9.17, 15) is 19.5 Å². The molecule has 0 saturated carbocycles. The average Bonchev–Trinajstić information content (AvgIpc) is 4.22. The number of nitrogens with two attached hydrogens (primary N) is 2. The van der Waals surface area contributed by atoms with Crippen molar-refractivity contribution in [2.45, 2.75) is 38.0 Å². The number of nitrogens with zero attached hydrogens (tertiary/aromatic N) is 8. The highest BCUT2D eigenvalue weighted by Crippen LogP contribution is 2.45. The molecule has 4 aromatic carbocycles. The fourth-order valence-electron chi connectivity index (χ4n) is 9.40. The number of ether oxygens (including phenoxy) is 2. The molecule has 7 N–H and O–H groups in total. The predicted octanol–water partition coefficient (Wildman–Crippen LogP) is 6.94. The summed E-state index contributed by atoms with van der Waals surface area (Å²) in [5, 5.41) is 27.9. The number of rotatable bonds is 15. The summed E-state index contributed by atoms with van der Waals surface area (Å²) >= 11 is 0. The molecule has 70 heavy (non-hydrogen) atoms. The number of carboxylic acid groups (broad SMARTS) is 1. The fourth-order valence-corrected chi connectivity index (χ4v) is 9.40. The Morgan fingerprint density at radius 2 is 1.14 bits per heavy atom. The molecule has 4 heterocycles. The van der Waals surface area contributed by atoms with Crippen LogP contribution in [0, 0.1) is 17.8 Å². The minimum Gasteiger partial charge on any atom is -0.496 e. The molecule has 10 rings (SSSR count). The van der Waals surface area contributed by atoms with Crippen LogP contribution in [0.2, 0.25) is 0 Å². The van der Waals surface area contributed by atoms with Gasteiger partial charge in [-0.3, -0.25) is 14.4 Å². The van der Waals surface area contributed by atoms with Crippen molar-refractivity contribution in [1.29, 1.82) is 0 Å². The number of benzene rings is 4. The Bertz CT molecular complexity index is 3130. The number of nitrogen functional groups attached to an aromatic ring is 2. The third-order valence-corrected chi connectivity index (χ3v) is 12.9. The lowest BCUT2D eigenvalue weighted by Gasteiger charge is -2.25. The Kier molecular flexibility index (Phi) is 12.2. The lowest BCUT2D eigenvalue weighted by molar-refractivity contribution is -0.142. The largest absolute Gasteiger partial charge is 0.496 e. The average molecular weight is 936 g/mol. The molecule has 4 aromatic heterocycles. The van der Waals surface area contributed by atoms with E-state index in [1.54, 1.807) is 45.8 Å². The van der Waals surface area contributed by atoms with Gasteiger partial charge >= 0.3 is 5.97 Å². The summed E-state index contributed by atoms with van der Waals surface area (Å²) in [6, 6.07) is 28.7. The zero-order valence-electron chi connectivity index (χ0n) is 38.1. The Labute approximate surface area is 401 Å². The Hall–Kier alpha value is -8.93. The number of aliphatic carboxylic acids is 1. The van der Waals surface area contributed by atoms with E-state index in [1.807, 2.05) is 85.0 Å². The maximum absolute atomic E-state index is 13.2. The first kappa shape index (κ1) is 44.9. The summed E-state index contributed by atoms with van der Waals surface area (Å²) in [6.07, 6.45) is 11.4. The number of carboxylic acids is 1. The first-order chi connectivity index (χ1) is 34.1. The van der Waals surface area contributed by atoms with Crippen molar-refractivity contribution in [3.05, 3.63) is 162 Å². The molecule has 18 nitrogen and oxygen atoms in total. The van der Waals surface area contributed by atoms with Crippen molar-refractivity contribution in [2.75, 3.05) is 25.7 Å². The quantitative estimate of drug-likeness (QED) is 0.0654. The van der Waals surface area contributed by atoms with Gasteiger partial charge in [0.1, 0.15) is 47.2 Å². The topological polar surface area (TPSA) is 253 Å². The van der Waals surface area contributed by atoms with Gasteiger partial charge in [0.15, 0.2) is 11.3 Å². The monoisotopic (exact) mass is 935 g/mol. The second-order valence-electron chi connectivity index (χ2n) is 17.0. The highest BCUT2D eigenvalue weighted by Gasteiger charge is 2.41. The van der Waals surface area contributed by atoms with Crippen LogP contribution in [0.5, 0.6) is 11.5 Å². The normalized spacial score (nSPS) is 17.0. The van der Waals surface area contributed by atoms with Gasteiger partial charge in [-0.2, -0.15) is 10.2 Å². The van der Waals surface area contributed by atoms with Gasteiger partial charge in [-0.05, 0) is 54.2 Å². The number of carbonyl (C=O) groups is 3. The first-order valence-corrected chi connectivity index (χ1v) is 22.5. The zero-order chi connectivity index (χ0) is 48.5. The van der Waals surface area contributed by atoms with Crippen LogP contribution in [0.3, 0.4) is 0 Å². The Morgan fingerprint density at radius 3 is 1.63 bits per heavy atom. The number of carbonyl (C=O) groups excluding carboxylic acids is 2. The van der Waals surface area contributed by atoms with E-state index in [4.69, 9.17) is 31.1 Å². The number of nitrogens with one attached hydrogen (secondary N) is 2. The maximum Gasteiger partial charge on any atom is 0.308 e. The summed E-state index contributed by atoms with van der Waals surface area (Å²) in [4.78, 5) is 56.8. The van der Waals surface area contributed by atoms with Gasteiger partial charge in [0.25, 0.3) is 11.8 Å². The molecule has 351 valence electrons. The number of para-hydroxylation sites is 2. The summed E-state index contributed by atoms with van der Waals surface area (Å²) < 4.78 is 14.3. The number of hydrogen-bond donors (Lipinski definition) is 5. The van der Waals surface area contributed by atoms with Crippen molar-refractivity contribution in [3.63, 3.8) is 0 Å². The maximum atomic E-state index is 13.2. The summed E-state index contributed by atoms with van der Waals surface area (Å²) in [7, 11) is 3.05. The molecule has 2 aliphatic carbocycles. The second kappa shape index (κ2) is 19.0. The Balaban J connectivity index is 0.834. The van der Waals surface area contributed by atoms with Crippen molar-refractivity contribution >= 4 is 51.5 Å². The molecule has 0 spiro atoms. The number of amides is 2. The number of methoxy groups -OCH3 is 2. The molecule has 2 aliphatic rings. The number of allylic oxidation sites excluding steroid dienone is 4. The van der Waals surface area contributed by atoms with E-state index >= 15 is 0 Å². The van der Waals surface area contributed by atoms with Gasteiger partial charge in [0, 0.05) is 30.1 Å². The van der Waals surface area contributed by atoms with Crippen LogP contribution in [0.4, 0.5) is 11.6 Å². The molecule has 0 bridgehead atoms. The predicted molar refractivity (Wildman–Crippen MR) is 262 cm³/mol. The van der Waals surface area contributed by atoms with E-state index in [0.717, 1.165) is 28.2 Å². The molecule has 1 radical (unpaired) electrons. The van der Waals surface area contributed by atoms with E-state index in [2.05, 4.69) is 30.6 Å². The minimum absolute atomic E-state index is 0.251. The lowest BCUT2D eigenvalue weighted by atomic mass is 9.80. The van der Waals surface area contributed by atoms with Gasteiger partial charge in [0.2, 0.25) is 0 Å². The van der Waals surface area contributed by atoms with Crippen LogP contribution >= 0.6 is 0 Å². The number of hydrogen-bond acceptors (Lipinski definition) is 13. The van der Waals surface area contributed by atoms with E-state index in [-0.39, 0.29) is 41.5 Å². The molecule has 2 amide bonds. The van der Waals surface area contributed by atoms with E-state index < -0.39 is 11.9 Å². The van der Waals surface area contributed by atoms with Gasteiger partial charge in [-0.1, -0.05) is 97.1 Å². The third kappa shape index (κ3) is 8.50. The number of anilines is 2. The van der Waals surface area contributed by atoms with Crippen LogP contribution in [-0.2, 0) is 17.9 Å². The molecule has 8 aromatic rings. The van der Waals surface area contributed by atoms with Gasteiger partial charge in [-0.25, -0.2) is 29.3 Å². The minimum atomic E-state index is -0.941. The summed E-state index contributed by atoms with van der Waals surface area (Å²) in [5.74, 6) is -0.385. The van der Waals surface area contributed by atoms with Crippen LogP contribution in [0.15, 0.2) is 134 Å². The Morgan fingerprint density at radius 1 is 0.657 bits per heavy atom. The van der Waals surface area contributed by atoms with Crippen molar-refractivity contribution in [2.24, 2.45) is 11.8 Å². The molecule has 0 fully saturated rings. The SMILES string of the molecule is COc1ccccc1C(=O)NCc1ccc(-c2nn([C@H]3C=C[C](C(C(=O)O)[C@H]4C=C[C@H](n5nc(-c6ccc(CNC(=O)c7ccccc7OC)cc6)c6c(N)ncnc65)C4)C3)c3ncnc(N)c23)cc1. The smallest absolute Gasteiger partial charge is 0.308 e. The molecule has 0 saturated heterocycles. The van der Waals surface area contributed by atoms with Gasteiger partial charge < -0.3 is 36.7 Å². The third-order valence-electron chi connectivity index (χ3n) is 12.9. The first-order valence-electron chi connectivity index (χ1n) is 22.5. The molecule has 4 atom stereocenters. The molecule has 0 aliphatic heterocycles. The van der Waals surface area contributed by atoms with Crippen LogP contribution in [0.25, 0.3) is 44.6 Å². The summed E-state index contributed by atoms with van der Waals surface area (Å²) in [5.41, 5.74) is 19.3. The standard InChI is InChI=1S/C52H47N12O6/c1-69-39-9-5-3-7-37(39)50(65)55-25-29-11-15-31(16-12-29)44-42-46(53)57-27-59-48(42)63(61-44)35-21-19-33(23-35)41(52(67)68)34-20-22-36(24-34)64-49-43(47(54)58-28-60-49)45(62-64)32-17-13-30(14-18-32)26-56-51(66)38-8-4-6-10-40(38)70-2/h3-22,27-28,33,35-36,41H,23-26H2,1-2H3,(H,55,65)(H,56,66)(H,67,68)(H2,53,57,59)(H2,54,58,60)/t33-,35-,36-,41?/m0/s1. The van der Waals surface area contributed by atoms with Crippen LogP contribution in [-0.4, -0.2) is 76.6 Å². The van der Waals surface area contributed by atoms with Gasteiger partial charge in [-0.15, -0.1) is 0 Å². The van der Waals surface area contributed by atoms with Crippen molar-refractivity contribution in [1.82, 2.24) is 50.1 Å².